The van der Waals surface area contributed by atoms with E-state index < -0.39 is 9.84 Å². The number of carbonyl (C=O) groups excluding carboxylic acids is 2. The summed E-state index contributed by atoms with van der Waals surface area (Å²) in [6.45, 7) is -0.323. The molecule has 8 heteroatoms. The van der Waals surface area contributed by atoms with Crippen LogP contribution in [0, 0.1) is 0 Å². The third-order valence-corrected chi connectivity index (χ3v) is 6.26. The van der Waals surface area contributed by atoms with Crippen molar-refractivity contribution < 1.29 is 22.7 Å². The topological polar surface area (TPSA) is 92.8 Å². The van der Waals surface area contributed by atoms with E-state index in [2.05, 4.69) is 5.32 Å². The molecule has 144 valence electrons. The standard InChI is InChI=1S/C19H22N2O5S/c1-21(11-18(22)20-16-8-9-27(24,25)13-16)19(23)12-26-17-7-6-14-4-2-3-5-15(14)10-17/h2-7,10,16H,8-9,11-13H2,1H3,(H,20,22)/t16-/m0/s1. The summed E-state index contributed by atoms with van der Waals surface area (Å²) < 4.78 is 28.4. The van der Waals surface area contributed by atoms with Crippen LogP contribution in [-0.4, -0.2) is 62.9 Å². The lowest BCUT2D eigenvalue weighted by Gasteiger charge is -2.18. The number of hydrogen-bond donors (Lipinski definition) is 1. The molecule has 3 rings (SSSR count). The van der Waals surface area contributed by atoms with Gasteiger partial charge in [-0.25, -0.2) is 8.42 Å². The van der Waals surface area contributed by atoms with Crippen LogP contribution in [0.25, 0.3) is 10.8 Å². The Labute approximate surface area is 158 Å². The number of ether oxygens (including phenoxy) is 1. The second-order valence-corrected chi connectivity index (χ2v) is 8.94. The van der Waals surface area contributed by atoms with Crippen molar-refractivity contribution in [2.24, 2.45) is 0 Å². The van der Waals surface area contributed by atoms with Gasteiger partial charge in [0.15, 0.2) is 16.4 Å². The Kier molecular flexibility index (Phi) is 5.65. The smallest absolute Gasteiger partial charge is 0.260 e. The van der Waals surface area contributed by atoms with Gasteiger partial charge in [-0.3, -0.25) is 9.59 Å². The third-order valence-electron chi connectivity index (χ3n) is 4.49. The Hall–Kier alpha value is -2.61. The number of likely N-dealkylation sites (N-methyl/N-ethyl adjacent to an activating group) is 1. The van der Waals surface area contributed by atoms with Crippen molar-refractivity contribution in [1.29, 1.82) is 0 Å². The fourth-order valence-electron chi connectivity index (χ4n) is 3.00. The van der Waals surface area contributed by atoms with Crippen LogP contribution in [0.15, 0.2) is 42.5 Å². The van der Waals surface area contributed by atoms with Crippen LogP contribution < -0.4 is 10.1 Å². The summed E-state index contributed by atoms with van der Waals surface area (Å²) in [4.78, 5) is 25.4. The van der Waals surface area contributed by atoms with Gasteiger partial charge in [0.1, 0.15) is 5.75 Å². The maximum atomic E-state index is 12.2. The third kappa shape index (κ3) is 5.19. The maximum Gasteiger partial charge on any atom is 0.260 e. The summed E-state index contributed by atoms with van der Waals surface area (Å²) in [7, 11) is -1.55. The molecule has 0 aliphatic carbocycles. The lowest BCUT2D eigenvalue weighted by molar-refractivity contribution is -0.136. The summed E-state index contributed by atoms with van der Waals surface area (Å²) in [5.74, 6) is -0.0829. The molecule has 1 atom stereocenters. The van der Waals surface area contributed by atoms with E-state index in [9.17, 15) is 18.0 Å². The van der Waals surface area contributed by atoms with Crippen molar-refractivity contribution in [3.8, 4) is 5.75 Å². The van der Waals surface area contributed by atoms with E-state index in [-0.39, 0.29) is 42.5 Å². The highest BCUT2D eigenvalue weighted by Gasteiger charge is 2.29. The van der Waals surface area contributed by atoms with Crippen molar-refractivity contribution in [1.82, 2.24) is 10.2 Å². The van der Waals surface area contributed by atoms with Crippen LogP contribution in [-0.2, 0) is 19.4 Å². The molecule has 2 aromatic carbocycles. The number of amides is 2. The number of rotatable bonds is 6. The molecule has 2 amide bonds. The molecule has 0 bridgehead atoms. The lowest BCUT2D eigenvalue weighted by Crippen LogP contribution is -2.44. The molecular formula is C19H22N2O5S. The molecule has 1 saturated heterocycles. The van der Waals surface area contributed by atoms with Crippen LogP contribution >= 0.6 is 0 Å². The van der Waals surface area contributed by atoms with Crippen LogP contribution in [0.3, 0.4) is 0 Å². The first-order valence-electron chi connectivity index (χ1n) is 8.68. The van der Waals surface area contributed by atoms with Crippen LogP contribution in [0.4, 0.5) is 0 Å². The highest BCUT2D eigenvalue weighted by molar-refractivity contribution is 7.91. The Morgan fingerprint density at radius 3 is 2.63 bits per heavy atom. The number of hydrogen-bond acceptors (Lipinski definition) is 5. The molecule has 1 N–H and O–H groups in total. The zero-order chi connectivity index (χ0) is 19.4. The molecule has 1 aliphatic heterocycles. The highest BCUT2D eigenvalue weighted by atomic mass is 32.2. The fraction of sp³-hybridized carbons (Fsp3) is 0.368. The fourth-order valence-corrected chi connectivity index (χ4v) is 4.67. The molecule has 1 heterocycles. The van der Waals surface area contributed by atoms with Gasteiger partial charge in [0.2, 0.25) is 5.91 Å². The van der Waals surface area contributed by atoms with E-state index in [1.54, 1.807) is 6.07 Å². The number of sulfone groups is 1. The van der Waals surface area contributed by atoms with Gasteiger partial charge in [-0.1, -0.05) is 30.3 Å². The molecule has 2 aromatic rings. The Balaban J connectivity index is 1.47. The van der Waals surface area contributed by atoms with Crippen molar-refractivity contribution in [2.45, 2.75) is 12.5 Å². The Morgan fingerprint density at radius 2 is 1.93 bits per heavy atom. The van der Waals surface area contributed by atoms with E-state index in [0.717, 1.165) is 10.8 Å². The minimum Gasteiger partial charge on any atom is -0.484 e. The quantitative estimate of drug-likeness (QED) is 0.794. The van der Waals surface area contributed by atoms with Crippen LogP contribution in [0.5, 0.6) is 5.75 Å². The summed E-state index contributed by atoms with van der Waals surface area (Å²) in [6.07, 6.45) is 0.414. The molecule has 0 radical (unpaired) electrons. The average molecular weight is 390 g/mol. The number of nitrogens with one attached hydrogen (secondary N) is 1. The molecule has 27 heavy (non-hydrogen) atoms. The van der Waals surface area contributed by atoms with Gasteiger partial charge in [-0.2, -0.15) is 0 Å². The Bertz CT molecular complexity index is 957. The Morgan fingerprint density at radius 1 is 1.19 bits per heavy atom. The normalized spacial score (nSPS) is 18.2. The number of benzene rings is 2. The predicted molar refractivity (Wildman–Crippen MR) is 102 cm³/mol. The van der Waals surface area contributed by atoms with Gasteiger partial charge in [0.25, 0.3) is 5.91 Å². The summed E-state index contributed by atoms with van der Waals surface area (Å²) >= 11 is 0. The largest absolute Gasteiger partial charge is 0.484 e. The monoisotopic (exact) mass is 390 g/mol. The molecule has 0 spiro atoms. The number of nitrogens with zero attached hydrogens (tertiary/aromatic N) is 1. The molecule has 0 unspecified atom stereocenters. The first-order chi connectivity index (χ1) is 12.8. The first kappa shape index (κ1) is 19.2. The van der Waals surface area contributed by atoms with Gasteiger partial charge in [0.05, 0.1) is 18.1 Å². The second-order valence-electron chi connectivity index (χ2n) is 6.71. The minimum absolute atomic E-state index is 0.0402. The molecule has 7 nitrogen and oxygen atoms in total. The molecule has 0 aromatic heterocycles. The zero-order valence-corrected chi connectivity index (χ0v) is 15.9. The second kappa shape index (κ2) is 7.96. The van der Waals surface area contributed by atoms with Crippen molar-refractivity contribution in [3.05, 3.63) is 42.5 Å². The van der Waals surface area contributed by atoms with Gasteiger partial charge < -0.3 is 15.0 Å². The van der Waals surface area contributed by atoms with E-state index in [0.29, 0.717) is 12.2 Å². The van der Waals surface area contributed by atoms with E-state index >= 15 is 0 Å². The van der Waals surface area contributed by atoms with Crippen molar-refractivity contribution in [2.75, 3.05) is 31.7 Å². The molecule has 1 fully saturated rings. The summed E-state index contributed by atoms with van der Waals surface area (Å²) in [5.41, 5.74) is 0. The molecule has 1 aliphatic rings. The highest BCUT2D eigenvalue weighted by Crippen LogP contribution is 2.20. The van der Waals surface area contributed by atoms with Crippen molar-refractivity contribution >= 4 is 32.4 Å². The SMILES string of the molecule is CN(CC(=O)N[C@H]1CCS(=O)(=O)C1)C(=O)COc1ccc2ccccc2c1. The lowest BCUT2D eigenvalue weighted by atomic mass is 10.1. The summed E-state index contributed by atoms with van der Waals surface area (Å²) in [5, 5.41) is 4.76. The van der Waals surface area contributed by atoms with Gasteiger partial charge in [-0.05, 0) is 29.3 Å². The van der Waals surface area contributed by atoms with E-state index in [1.165, 1.54) is 11.9 Å². The minimum atomic E-state index is -3.06. The predicted octanol–water partition coefficient (Wildman–Crippen LogP) is 0.980. The average Bonchev–Trinajstić information content (AvgIpc) is 2.97. The van der Waals surface area contributed by atoms with Crippen molar-refractivity contribution in [3.63, 3.8) is 0 Å². The van der Waals surface area contributed by atoms with Crippen LogP contribution in [0.2, 0.25) is 0 Å². The van der Waals surface area contributed by atoms with E-state index in [1.807, 2.05) is 36.4 Å². The van der Waals surface area contributed by atoms with E-state index in [4.69, 9.17) is 4.74 Å². The van der Waals surface area contributed by atoms with Crippen LogP contribution in [0.1, 0.15) is 6.42 Å². The zero-order valence-electron chi connectivity index (χ0n) is 15.1. The summed E-state index contributed by atoms with van der Waals surface area (Å²) in [6, 6.07) is 13.0. The first-order valence-corrected chi connectivity index (χ1v) is 10.5. The van der Waals surface area contributed by atoms with Gasteiger partial charge in [-0.15, -0.1) is 0 Å². The number of fused-ring (bicyclic) bond motifs is 1. The molecule has 0 saturated carbocycles. The van der Waals surface area contributed by atoms with Gasteiger partial charge in [0, 0.05) is 13.1 Å². The van der Waals surface area contributed by atoms with Gasteiger partial charge >= 0.3 is 0 Å². The molecular weight excluding hydrogens is 368 g/mol. The number of carbonyl (C=O) groups is 2. The maximum absolute atomic E-state index is 12.2.